The van der Waals surface area contributed by atoms with E-state index in [0.29, 0.717) is 18.2 Å². The Morgan fingerprint density at radius 2 is 1.94 bits per heavy atom. The van der Waals surface area contributed by atoms with Gasteiger partial charge in [-0.25, -0.2) is 12.7 Å². The van der Waals surface area contributed by atoms with Crippen molar-refractivity contribution < 1.29 is 8.42 Å². The molecule has 0 bridgehead atoms. The Balaban J connectivity index is 2.40. The number of piperidine rings is 1. The summed E-state index contributed by atoms with van der Waals surface area (Å²) in [5, 5.41) is 3.29. The minimum Gasteiger partial charge on any atom is -0.317 e. The van der Waals surface area contributed by atoms with Crippen molar-refractivity contribution >= 4 is 10.0 Å². The second-order valence-electron chi connectivity index (χ2n) is 4.64. The van der Waals surface area contributed by atoms with Crippen molar-refractivity contribution in [1.82, 2.24) is 9.62 Å². The maximum absolute atomic E-state index is 11.9. The smallest absolute Gasteiger partial charge is 0.213 e. The lowest BCUT2D eigenvalue weighted by Crippen LogP contribution is -2.38. The van der Waals surface area contributed by atoms with E-state index in [4.69, 9.17) is 0 Å². The third kappa shape index (κ3) is 4.39. The highest BCUT2D eigenvalue weighted by Gasteiger charge is 2.22. The molecule has 0 aromatic carbocycles. The molecular formula is C11H24N2O2S. The summed E-state index contributed by atoms with van der Waals surface area (Å²) in [5.41, 5.74) is 0. The molecule has 5 heteroatoms. The number of nitrogens with one attached hydrogen (secondary N) is 1. The van der Waals surface area contributed by atoms with Crippen LogP contribution in [0, 0.1) is 5.92 Å². The third-order valence-electron chi connectivity index (χ3n) is 3.20. The zero-order valence-electron chi connectivity index (χ0n) is 10.4. The van der Waals surface area contributed by atoms with Crippen molar-refractivity contribution in [3.05, 3.63) is 0 Å². The molecule has 0 aromatic rings. The fourth-order valence-electron chi connectivity index (χ4n) is 2.02. The minimum absolute atomic E-state index is 0.297. The van der Waals surface area contributed by atoms with Gasteiger partial charge in [0.2, 0.25) is 10.0 Å². The average molecular weight is 248 g/mol. The van der Waals surface area contributed by atoms with Gasteiger partial charge in [0.05, 0.1) is 5.75 Å². The van der Waals surface area contributed by atoms with Gasteiger partial charge in [-0.15, -0.1) is 0 Å². The molecule has 0 radical (unpaired) electrons. The molecule has 0 unspecified atom stereocenters. The Morgan fingerprint density at radius 3 is 2.50 bits per heavy atom. The molecule has 0 amide bonds. The van der Waals surface area contributed by atoms with E-state index in [9.17, 15) is 8.42 Å². The number of sulfonamides is 1. The number of hydrogen-bond donors (Lipinski definition) is 1. The summed E-state index contributed by atoms with van der Waals surface area (Å²) in [5.74, 6) is 0.827. The molecule has 1 aliphatic heterocycles. The Labute approximate surface area is 99.5 Å². The molecule has 0 saturated carbocycles. The molecule has 0 atom stereocenters. The van der Waals surface area contributed by atoms with Crippen LogP contribution in [-0.2, 0) is 10.0 Å². The van der Waals surface area contributed by atoms with Crippen LogP contribution in [0.1, 0.15) is 32.6 Å². The molecule has 1 saturated heterocycles. The Hall–Kier alpha value is -0.130. The highest BCUT2D eigenvalue weighted by atomic mass is 32.2. The number of hydrogen-bond acceptors (Lipinski definition) is 3. The van der Waals surface area contributed by atoms with E-state index < -0.39 is 10.0 Å². The van der Waals surface area contributed by atoms with E-state index in [1.165, 1.54) is 0 Å². The highest BCUT2D eigenvalue weighted by Crippen LogP contribution is 2.15. The zero-order chi connectivity index (χ0) is 12.0. The van der Waals surface area contributed by atoms with Gasteiger partial charge in [-0.05, 0) is 38.3 Å². The first-order valence-corrected chi connectivity index (χ1v) is 7.82. The standard InChI is InChI=1S/C11H24N2O2S/c1-3-4-9-16(14,15)13(2)10-11-5-7-12-8-6-11/h11-12H,3-10H2,1-2H3. The van der Waals surface area contributed by atoms with Crippen molar-refractivity contribution in [1.29, 1.82) is 0 Å². The van der Waals surface area contributed by atoms with Crippen molar-refractivity contribution in [2.45, 2.75) is 32.6 Å². The van der Waals surface area contributed by atoms with Gasteiger partial charge in [0.1, 0.15) is 0 Å². The normalized spacial score (nSPS) is 19.2. The SMILES string of the molecule is CCCCS(=O)(=O)N(C)CC1CCNCC1. The van der Waals surface area contributed by atoms with Crippen LogP contribution in [0.2, 0.25) is 0 Å². The first-order valence-electron chi connectivity index (χ1n) is 6.21. The van der Waals surface area contributed by atoms with Gasteiger partial charge in [-0.3, -0.25) is 0 Å². The Bertz CT molecular complexity index is 284. The lowest BCUT2D eigenvalue weighted by atomic mass is 9.98. The third-order valence-corrected chi connectivity index (χ3v) is 5.11. The predicted molar refractivity (Wildman–Crippen MR) is 66.9 cm³/mol. The van der Waals surface area contributed by atoms with Gasteiger partial charge in [0, 0.05) is 13.6 Å². The maximum atomic E-state index is 11.9. The topological polar surface area (TPSA) is 49.4 Å². The zero-order valence-corrected chi connectivity index (χ0v) is 11.2. The van der Waals surface area contributed by atoms with Gasteiger partial charge in [0.15, 0.2) is 0 Å². The minimum atomic E-state index is -3.01. The Kier molecular flexibility index (Phi) is 5.72. The van der Waals surface area contributed by atoms with Crippen molar-refractivity contribution in [3.63, 3.8) is 0 Å². The average Bonchev–Trinajstić information content (AvgIpc) is 2.28. The van der Waals surface area contributed by atoms with Gasteiger partial charge in [-0.1, -0.05) is 13.3 Å². The summed E-state index contributed by atoms with van der Waals surface area (Å²) in [6.07, 6.45) is 3.88. The molecular weight excluding hydrogens is 224 g/mol. The summed E-state index contributed by atoms with van der Waals surface area (Å²) in [7, 11) is -1.29. The van der Waals surface area contributed by atoms with Crippen LogP contribution in [0.5, 0.6) is 0 Å². The van der Waals surface area contributed by atoms with Gasteiger partial charge in [-0.2, -0.15) is 0 Å². The monoisotopic (exact) mass is 248 g/mol. The number of unbranched alkanes of at least 4 members (excludes halogenated alkanes) is 1. The van der Waals surface area contributed by atoms with E-state index in [-0.39, 0.29) is 0 Å². The van der Waals surface area contributed by atoms with Crippen LogP contribution >= 0.6 is 0 Å². The molecule has 1 fully saturated rings. The van der Waals surface area contributed by atoms with Crippen molar-refractivity contribution in [3.8, 4) is 0 Å². The molecule has 0 aromatic heterocycles. The largest absolute Gasteiger partial charge is 0.317 e. The number of rotatable bonds is 6. The maximum Gasteiger partial charge on any atom is 0.213 e. The fraction of sp³-hybridized carbons (Fsp3) is 1.00. The van der Waals surface area contributed by atoms with Crippen molar-refractivity contribution in [2.24, 2.45) is 5.92 Å². The van der Waals surface area contributed by atoms with E-state index in [0.717, 1.165) is 38.8 Å². The van der Waals surface area contributed by atoms with E-state index >= 15 is 0 Å². The molecule has 0 spiro atoms. The van der Waals surface area contributed by atoms with E-state index in [1.54, 1.807) is 11.4 Å². The summed E-state index contributed by atoms with van der Waals surface area (Å²) in [4.78, 5) is 0. The second-order valence-corrected chi connectivity index (χ2v) is 6.84. The van der Waals surface area contributed by atoms with Gasteiger partial charge >= 0.3 is 0 Å². The van der Waals surface area contributed by atoms with Gasteiger partial charge < -0.3 is 5.32 Å². The fourth-order valence-corrected chi connectivity index (χ4v) is 3.43. The van der Waals surface area contributed by atoms with E-state index in [1.807, 2.05) is 6.92 Å². The molecule has 1 heterocycles. The summed E-state index contributed by atoms with van der Waals surface area (Å²) < 4.78 is 25.3. The quantitative estimate of drug-likeness (QED) is 0.764. The summed E-state index contributed by atoms with van der Waals surface area (Å²) >= 11 is 0. The van der Waals surface area contributed by atoms with Crippen LogP contribution in [0.15, 0.2) is 0 Å². The first kappa shape index (κ1) is 13.9. The van der Waals surface area contributed by atoms with Crippen LogP contribution in [0.4, 0.5) is 0 Å². The molecule has 96 valence electrons. The van der Waals surface area contributed by atoms with Crippen LogP contribution in [-0.4, -0.2) is 45.2 Å². The summed E-state index contributed by atoms with van der Waals surface area (Å²) in [6, 6.07) is 0. The highest BCUT2D eigenvalue weighted by molar-refractivity contribution is 7.89. The molecule has 1 rings (SSSR count). The lowest BCUT2D eigenvalue weighted by molar-refractivity contribution is 0.311. The van der Waals surface area contributed by atoms with E-state index in [2.05, 4.69) is 5.32 Å². The number of nitrogens with zero attached hydrogens (tertiary/aromatic N) is 1. The second kappa shape index (κ2) is 6.57. The molecule has 16 heavy (non-hydrogen) atoms. The van der Waals surface area contributed by atoms with Crippen LogP contribution < -0.4 is 5.32 Å². The summed E-state index contributed by atoms with van der Waals surface area (Å²) in [6.45, 7) is 4.75. The molecule has 1 aliphatic rings. The van der Waals surface area contributed by atoms with Crippen LogP contribution in [0.25, 0.3) is 0 Å². The first-order chi connectivity index (χ1) is 7.56. The van der Waals surface area contributed by atoms with Crippen molar-refractivity contribution in [2.75, 3.05) is 32.4 Å². The Morgan fingerprint density at radius 1 is 1.31 bits per heavy atom. The van der Waals surface area contributed by atoms with Crippen LogP contribution in [0.3, 0.4) is 0 Å². The predicted octanol–water partition coefficient (Wildman–Crippen LogP) is 1.05. The molecule has 1 N–H and O–H groups in total. The lowest BCUT2D eigenvalue weighted by Gasteiger charge is -2.27. The molecule has 0 aliphatic carbocycles. The van der Waals surface area contributed by atoms with Gasteiger partial charge in [0.25, 0.3) is 0 Å². The molecule has 4 nitrogen and oxygen atoms in total.